The van der Waals surface area contributed by atoms with Gasteiger partial charge in [-0.15, -0.1) is 0 Å². The zero-order chi connectivity index (χ0) is 18.7. The maximum Gasteiger partial charge on any atom is 0.191 e. The molecule has 0 aromatic heterocycles. The van der Waals surface area contributed by atoms with Gasteiger partial charge in [0.25, 0.3) is 0 Å². The molecule has 0 radical (unpaired) electrons. The molecule has 6 nitrogen and oxygen atoms in total. The summed E-state index contributed by atoms with van der Waals surface area (Å²) in [6.07, 6.45) is 3.25. The van der Waals surface area contributed by atoms with Crippen LogP contribution in [0.5, 0.6) is 5.75 Å². The smallest absolute Gasteiger partial charge is 0.191 e. The van der Waals surface area contributed by atoms with Crippen molar-refractivity contribution in [3.05, 3.63) is 29.8 Å². The maximum absolute atomic E-state index is 5.54. The van der Waals surface area contributed by atoms with Crippen molar-refractivity contribution in [2.75, 3.05) is 53.7 Å². The fraction of sp³-hybridized carbons (Fsp3) is 0.650. The monoisotopic (exact) mass is 363 g/mol. The maximum atomic E-state index is 5.54. The summed E-state index contributed by atoms with van der Waals surface area (Å²) < 4.78 is 16.0. The largest absolute Gasteiger partial charge is 0.496 e. The molecule has 0 unspecified atom stereocenters. The van der Waals surface area contributed by atoms with Crippen LogP contribution >= 0.6 is 0 Å². The molecule has 0 heterocycles. The second kappa shape index (κ2) is 11.0. The van der Waals surface area contributed by atoms with Crippen molar-refractivity contribution in [2.24, 2.45) is 4.99 Å². The molecular formula is C20H33N3O3. The van der Waals surface area contributed by atoms with E-state index in [9.17, 15) is 0 Å². The average Bonchev–Trinajstić information content (AvgIpc) is 3.46. The number of guanidine groups is 1. The van der Waals surface area contributed by atoms with Gasteiger partial charge in [0.2, 0.25) is 0 Å². The number of ether oxygens (including phenoxy) is 3. The van der Waals surface area contributed by atoms with Gasteiger partial charge in [0, 0.05) is 37.8 Å². The van der Waals surface area contributed by atoms with Gasteiger partial charge in [-0.3, -0.25) is 4.99 Å². The summed E-state index contributed by atoms with van der Waals surface area (Å²) in [6.45, 7) is 6.54. The molecule has 2 rings (SSSR count). The van der Waals surface area contributed by atoms with E-state index >= 15 is 0 Å². The summed E-state index contributed by atoms with van der Waals surface area (Å²) in [6, 6.07) is 8.29. The Kier molecular flexibility index (Phi) is 8.71. The van der Waals surface area contributed by atoms with Crippen LogP contribution in [0.2, 0.25) is 0 Å². The van der Waals surface area contributed by atoms with Crippen LogP contribution < -0.4 is 15.4 Å². The highest BCUT2D eigenvalue weighted by Gasteiger charge is 2.46. The molecule has 26 heavy (non-hydrogen) atoms. The highest BCUT2D eigenvalue weighted by Crippen LogP contribution is 2.51. The molecule has 0 saturated heterocycles. The first-order valence-corrected chi connectivity index (χ1v) is 9.48. The van der Waals surface area contributed by atoms with Gasteiger partial charge in [0.1, 0.15) is 5.75 Å². The molecule has 1 fully saturated rings. The Hall–Kier alpha value is -1.79. The van der Waals surface area contributed by atoms with E-state index in [1.54, 1.807) is 14.2 Å². The van der Waals surface area contributed by atoms with Crippen molar-refractivity contribution in [1.29, 1.82) is 0 Å². The Bertz CT molecular complexity index is 559. The lowest BCUT2D eigenvalue weighted by Gasteiger charge is -2.18. The van der Waals surface area contributed by atoms with Gasteiger partial charge in [-0.05, 0) is 32.3 Å². The minimum atomic E-state index is 0.123. The summed E-state index contributed by atoms with van der Waals surface area (Å²) in [4.78, 5) is 4.82. The second-order valence-electron chi connectivity index (χ2n) is 6.56. The topological polar surface area (TPSA) is 64.1 Å². The standard InChI is InChI=1S/C20H33N3O3/c1-4-21-19(22-12-7-13-26-15-14-24-2)23-16-20(10-11-20)17-8-5-6-9-18(17)25-3/h5-6,8-9H,4,7,10-16H2,1-3H3,(H2,21,22,23). The van der Waals surface area contributed by atoms with Crippen LogP contribution in [0.15, 0.2) is 29.3 Å². The summed E-state index contributed by atoms with van der Waals surface area (Å²) in [5.74, 6) is 1.83. The number of aliphatic imine (C=N–C) groups is 1. The number of hydrogen-bond donors (Lipinski definition) is 2. The predicted molar refractivity (Wildman–Crippen MR) is 105 cm³/mol. The van der Waals surface area contributed by atoms with Gasteiger partial charge < -0.3 is 24.8 Å². The zero-order valence-electron chi connectivity index (χ0n) is 16.3. The van der Waals surface area contributed by atoms with E-state index in [0.717, 1.165) is 57.2 Å². The minimum absolute atomic E-state index is 0.123. The van der Waals surface area contributed by atoms with Gasteiger partial charge in [0.15, 0.2) is 5.96 Å². The normalized spacial score (nSPS) is 15.6. The van der Waals surface area contributed by atoms with Gasteiger partial charge >= 0.3 is 0 Å². The number of methoxy groups -OCH3 is 2. The molecule has 1 aromatic rings. The van der Waals surface area contributed by atoms with E-state index in [-0.39, 0.29) is 5.41 Å². The van der Waals surface area contributed by atoms with Crippen molar-refractivity contribution in [3.8, 4) is 5.75 Å². The molecule has 0 atom stereocenters. The van der Waals surface area contributed by atoms with Crippen molar-refractivity contribution in [2.45, 2.75) is 31.6 Å². The molecule has 0 aliphatic heterocycles. The summed E-state index contributed by atoms with van der Waals surface area (Å²) in [7, 11) is 3.42. The molecule has 0 bridgehead atoms. The van der Waals surface area contributed by atoms with Crippen LogP contribution in [0.4, 0.5) is 0 Å². The first-order valence-electron chi connectivity index (χ1n) is 9.48. The Labute approximate surface area is 157 Å². The Morgan fingerprint density at radius 2 is 1.92 bits per heavy atom. The number of nitrogens with one attached hydrogen (secondary N) is 2. The number of benzene rings is 1. The third kappa shape index (κ3) is 6.18. The highest BCUT2D eigenvalue weighted by atomic mass is 16.5. The lowest BCUT2D eigenvalue weighted by atomic mass is 9.95. The first kappa shape index (κ1) is 20.5. The van der Waals surface area contributed by atoms with E-state index < -0.39 is 0 Å². The predicted octanol–water partition coefficient (Wildman–Crippen LogP) is 2.34. The average molecular weight is 364 g/mol. The third-order valence-corrected chi connectivity index (χ3v) is 4.61. The SMILES string of the molecule is CCNC(=NCC1(c2ccccc2OC)CC1)NCCCOCCOC. The molecule has 1 aromatic carbocycles. The second-order valence-corrected chi connectivity index (χ2v) is 6.56. The fourth-order valence-corrected chi connectivity index (χ4v) is 2.94. The van der Waals surface area contributed by atoms with E-state index in [1.165, 1.54) is 5.56 Å². The van der Waals surface area contributed by atoms with Crippen molar-refractivity contribution >= 4 is 5.96 Å². The molecule has 1 aliphatic carbocycles. The van der Waals surface area contributed by atoms with E-state index in [4.69, 9.17) is 19.2 Å². The van der Waals surface area contributed by atoms with Crippen LogP contribution in [0.25, 0.3) is 0 Å². The molecule has 2 N–H and O–H groups in total. The lowest BCUT2D eigenvalue weighted by molar-refractivity contribution is 0.0698. The van der Waals surface area contributed by atoms with Crippen molar-refractivity contribution in [3.63, 3.8) is 0 Å². The summed E-state index contributed by atoms with van der Waals surface area (Å²) in [5.41, 5.74) is 1.40. The van der Waals surface area contributed by atoms with Gasteiger partial charge in [-0.25, -0.2) is 0 Å². The number of hydrogen-bond acceptors (Lipinski definition) is 4. The lowest BCUT2D eigenvalue weighted by Crippen LogP contribution is -2.38. The van der Waals surface area contributed by atoms with E-state index in [0.29, 0.717) is 13.2 Å². The minimum Gasteiger partial charge on any atom is -0.496 e. The zero-order valence-corrected chi connectivity index (χ0v) is 16.3. The third-order valence-electron chi connectivity index (χ3n) is 4.61. The van der Waals surface area contributed by atoms with Crippen LogP contribution in [0.3, 0.4) is 0 Å². The van der Waals surface area contributed by atoms with Crippen LogP contribution in [-0.2, 0) is 14.9 Å². The molecule has 146 valence electrons. The van der Waals surface area contributed by atoms with Crippen LogP contribution in [-0.4, -0.2) is 59.6 Å². The first-order chi connectivity index (χ1) is 12.8. The molecule has 1 saturated carbocycles. The number of nitrogens with zero attached hydrogens (tertiary/aromatic N) is 1. The van der Waals surface area contributed by atoms with Gasteiger partial charge in [-0.1, -0.05) is 18.2 Å². The highest BCUT2D eigenvalue weighted by molar-refractivity contribution is 5.79. The Morgan fingerprint density at radius 1 is 1.12 bits per heavy atom. The number of rotatable bonds is 12. The van der Waals surface area contributed by atoms with Crippen LogP contribution in [0.1, 0.15) is 31.7 Å². The van der Waals surface area contributed by atoms with E-state index in [1.807, 2.05) is 12.1 Å². The fourth-order valence-electron chi connectivity index (χ4n) is 2.94. The molecule has 0 amide bonds. The number of para-hydroxylation sites is 1. The molecule has 0 spiro atoms. The van der Waals surface area contributed by atoms with Crippen molar-refractivity contribution in [1.82, 2.24) is 10.6 Å². The quantitative estimate of drug-likeness (QED) is 0.339. The van der Waals surface area contributed by atoms with Gasteiger partial charge in [-0.2, -0.15) is 0 Å². The molecule has 1 aliphatic rings. The summed E-state index contributed by atoms with van der Waals surface area (Å²) in [5, 5.41) is 6.71. The van der Waals surface area contributed by atoms with Gasteiger partial charge in [0.05, 0.1) is 26.9 Å². The Morgan fingerprint density at radius 3 is 2.62 bits per heavy atom. The Balaban J connectivity index is 1.84. The molecule has 6 heteroatoms. The van der Waals surface area contributed by atoms with Crippen molar-refractivity contribution < 1.29 is 14.2 Å². The van der Waals surface area contributed by atoms with E-state index in [2.05, 4.69) is 29.7 Å². The summed E-state index contributed by atoms with van der Waals surface area (Å²) >= 11 is 0. The molecular weight excluding hydrogens is 330 g/mol. The van der Waals surface area contributed by atoms with Crippen LogP contribution in [0, 0.1) is 0 Å².